The smallest absolute Gasteiger partial charge is 0.393 e. The van der Waals surface area contributed by atoms with Gasteiger partial charge in [-0.2, -0.15) is 13.2 Å². The Hall–Kier alpha value is -3.07. The molecule has 0 saturated carbocycles. The van der Waals surface area contributed by atoms with Gasteiger partial charge in [-0.05, 0) is 30.3 Å². The van der Waals surface area contributed by atoms with Crippen LogP contribution in [0.2, 0.25) is 5.02 Å². The SMILES string of the molecule is Nc1c(Nc2ccncc2)ncnc1Nc1ccc(Cl)c(C(F)(F)F)c1. The van der Waals surface area contributed by atoms with E-state index in [4.69, 9.17) is 17.3 Å². The number of halogens is 4. The molecule has 2 aromatic heterocycles. The summed E-state index contributed by atoms with van der Waals surface area (Å²) in [5.41, 5.74) is 6.05. The molecule has 0 atom stereocenters. The standard InChI is InChI=1S/C16H12ClF3N6/c17-12-2-1-10(7-11(12)16(18,19)20)26-15-13(21)14(23-8-24-15)25-9-3-5-22-6-4-9/h1-8H,21H2,(H2,22,23,24,25,26). The van der Waals surface area contributed by atoms with Crippen molar-refractivity contribution in [3.05, 3.63) is 59.6 Å². The molecular formula is C16H12ClF3N6. The molecule has 134 valence electrons. The second-order valence-corrected chi connectivity index (χ2v) is 5.57. The van der Waals surface area contributed by atoms with Gasteiger partial charge in [0.1, 0.15) is 12.0 Å². The lowest BCUT2D eigenvalue weighted by Crippen LogP contribution is -2.08. The van der Waals surface area contributed by atoms with E-state index >= 15 is 0 Å². The number of pyridine rings is 1. The molecule has 1 aromatic carbocycles. The third-order valence-electron chi connectivity index (χ3n) is 3.36. The molecule has 3 rings (SSSR count). The number of nitrogens with zero attached hydrogens (tertiary/aromatic N) is 3. The number of rotatable bonds is 4. The van der Waals surface area contributed by atoms with Crippen LogP contribution in [0.1, 0.15) is 5.56 Å². The van der Waals surface area contributed by atoms with Crippen molar-refractivity contribution in [2.45, 2.75) is 6.18 Å². The fraction of sp³-hybridized carbons (Fsp3) is 0.0625. The lowest BCUT2D eigenvalue weighted by atomic mass is 10.2. The van der Waals surface area contributed by atoms with Gasteiger partial charge in [0.25, 0.3) is 0 Å². The minimum absolute atomic E-state index is 0.141. The maximum atomic E-state index is 13.0. The van der Waals surface area contributed by atoms with Crippen molar-refractivity contribution in [2.24, 2.45) is 0 Å². The van der Waals surface area contributed by atoms with Crippen LogP contribution in [0.3, 0.4) is 0 Å². The topological polar surface area (TPSA) is 88.8 Å². The Morgan fingerprint density at radius 1 is 0.923 bits per heavy atom. The van der Waals surface area contributed by atoms with E-state index in [1.54, 1.807) is 24.5 Å². The van der Waals surface area contributed by atoms with Gasteiger partial charge in [0, 0.05) is 23.8 Å². The summed E-state index contributed by atoms with van der Waals surface area (Å²) in [6.45, 7) is 0. The molecule has 2 heterocycles. The number of aromatic nitrogens is 3. The molecule has 26 heavy (non-hydrogen) atoms. The Kier molecular flexibility index (Phi) is 4.81. The van der Waals surface area contributed by atoms with E-state index in [0.29, 0.717) is 11.5 Å². The molecule has 0 unspecified atom stereocenters. The third-order valence-corrected chi connectivity index (χ3v) is 3.69. The van der Waals surface area contributed by atoms with Crippen LogP contribution in [0, 0.1) is 0 Å². The first-order valence-corrected chi connectivity index (χ1v) is 7.63. The molecule has 3 aromatic rings. The van der Waals surface area contributed by atoms with Crippen molar-refractivity contribution < 1.29 is 13.2 Å². The van der Waals surface area contributed by atoms with Gasteiger partial charge >= 0.3 is 6.18 Å². The summed E-state index contributed by atoms with van der Waals surface area (Å²) >= 11 is 5.62. The molecule has 0 saturated heterocycles. The highest BCUT2D eigenvalue weighted by atomic mass is 35.5. The van der Waals surface area contributed by atoms with Crippen LogP contribution in [0.15, 0.2) is 49.1 Å². The summed E-state index contributed by atoms with van der Waals surface area (Å²) in [5, 5.41) is 5.35. The van der Waals surface area contributed by atoms with Crippen molar-refractivity contribution in [3.8, 4) is 0 Å². The molecular weight excluding hydrogens is 369 g/mol. The first-order chi connectivity index (χ1) is 12.3. The molecule has 0 radical (unpaired) electrons. The van der Waals surface area contributed by atoms with Crippen LogP contribution in [0.25, 0.3) is 0 Å². The molecule has 0 bridgehead atoms. The van der Waals surface area contributed by atoms with Crippen molar-refractivity contribution >= 4 is 40.3 Å². The average molecular weight is 381 g/mol. The van der Waals surface area contributed by atoms with E-state index in [2.05, 4.69) is 25.6 Å². The highest BCUT2D eigenvalue weighted by Crippen LogP contribution is 2.37. The van der Waals surface area contributed by atoms with Gasteiger partial charge in [0.15, 0.2) is 11.6 Å². The predicted octanol–water partition coefficient (Wildman–Crippen LogP) is 4.61. The number of nitrogen functional groups attached to an aromatic ring is 1. The predicted molar refractivity (Wildman–Crippen MR) is 93.7 cm³/mol. The number of hydrogen-bond acceptors (Lipinski definition) is 6. The van der Waals surface area contributed by atoms with Gasteiger partial charge < -0.3 is 16.4 Å². The molecule has 0 aliphatic heterocycles. The zero-order valence-electron chi connectivity index (χ0n) is 13.0. The molecule has 0 spiro atoms. The largest absolute Gasteiger partial charge is 0.417 e. The Morgan fingerprint density at radius 2 is 1.54 bits per heavy atom. The van der Waals surface area contributed by atoms with E-state index in [-0.39, 0.29) is 17.2 Å². The minimum atomic E-state index is -4.57. The van der Waals surface area contributed by atoms with Gasteiger partial charge in [-0.15, -0.1) is 0 Å². The van der Waals surface area contributed by atoms with E-state index in [9.17, 15) is 13.2 Å². The summed E-state index contributed by atoms with van der Waals surface area (Å²) in [5.74, 6) is 0.464. The van der Waals surface area contributed by atoms with E-state index in [1.807, 2.05) is 0 Å². The van der Waals surface area contributed by atoms with Crippen molar-refractivity contribution in [1.82, 2.24) is 15.0 Å². The quantitative estimate of drug-likeness (QED) is 0.612. The number of nitrogens with two attached hydrogens (primary N) is 1. The maximum Gasteiger partial charge on any atom is 0.417 e. The van der Waals surface area contributed by atoms with E-state index < -0.39 is 16.8 Å². The van der Waals surface area contributed by atoms with Gasteiger partial charge in [0.05, 0.1) is 10.6 Å². The summed E-state index contributed by atoms with van der Waals surface area (Å²) in [6.07, 6.45) is -0.153. The average Bonchev–Trinajstić information content (AvgIpc) is 2.60. The van der Waals surface area contributed by atoms with Gasteiger partial charge in [-0.3, -0.25) is 4.98 Å². The molecule has 0 aliphatic rings. The molecule has 4 N–H and O–H groups in total. The van der Waals surface area contributed by atoms with Gasteiger partial charge in [-0.1, -0.05) is 11.6 Å². The van der Waals surface area contributed by atoms with Crippen LogP contribution in [-0.4, -0.2) is 15.0 Å². The van der Waals surface area contributed by atoms with Crippen molar-refractivity contribution in [2.75, 3.05) is 16.4 Å². The Balaban J connectivity index is 1.88. The lowest BCUT2D eigenvalue weighted by Gasteiger charge is -2.14. The number of benzene rings is 1. The summed E-state index contributed by atoms with van der Waals surface area (Å²) in [4.78, 5) is 11.9. The third kappa shape index (κ3) is 3.94. The normalized spacial score (nSPS) is 11.2. The Labute approximate surface area is 151 Å². The Morgan fingerprint density at radius 3 is 2.15 bits per heavy atom. The highest BCUT2D eigenvalue weighted by molar-refractivity contribution is 6.31. The first-order valence-electron chi connectivity index (χ1n) is 7.26. The number of alkyl halides is 3. The van der Waals surface area contributed by atoms with Crippen molar-refractivity contribution in [3.63, 3.8) is 0 Å². The fourth-order valence-electron chi connectivity index (χ4n) is 2.12. The zero-order valence-corrected chi connectivity index (χ0v) is 13.8. The summed E-state index contributed by atoms with van der Waals surface area (Å²) in [7, 11) is 0. The maximum absolute atomic E-state index is 13.0. The first kappa shape index (κ1) is 17.7. The van der Waals surface area contributed by atoms with E-state index in [0.717, 1.165) is 12.1 Å². The number of nitrogens with one attached hydrogen (secondary N) is 2. The summed E-state index contributed by atoms with van der Waals surface area (Å²) < 4.78 is 38.9. The highest BCUT2D eigenvalue weighted by Gasteiger charge is 2.33. The molecule has 0 aliphatic carbocycles. The Bertz CT molecular complexity index is 918. The second-order valence-electron chi connectivity index (χ2n) is 5.16. The van der Waals surface area contributed by atoms with Crippen LogP contribution in [0.4, 0.5) is 41.9 Å². The monoisotopic (exact) mass is 380 g/mol. The number of anilines is 5. The zero-order chi connectivity index (χ0) is 18.7. The fourth-order valence-corrected chi connectivity index (χ4v) is 2.35. The van der Waals surface area contributed by atoms with E-state index in [1.165, 1.54) is 12.4 Å². The second kappa shape index (κ2) is 7.04. The van der Waals surface area contributed by atoms with Crippen LogP contribution >= 0.6 is 11.6 Å². The van der Waals surface area contributed by atoms with Crippen molar-refractivity contribution in [1.29, 1.82) is 0 Å². The minimum Gasteiger partial charge on any atom is -0.393 e. The molecule has 0 amide bonds. The molecule has 0 fully saturated rings. The van der Waals surface area contributed by atoms with Crippen LogP contribution in [-0.2, 0) is 6.18 Å². The van der Waals surface area contributed by atoms with Gasteiger partial charge in [-0.25, -0.2) is 9.97 Å². The lowest BCUT2D eigenvalue weighted by molar-refractivity contribution is -0.137. The molecule has 6 nitrogen and oxygen atoms in total. The summed E-state index contributed by atoms with van der Waals surface area (Å²) in [6, 6.07) is 6.86. The number of hydrogen-bond donors (Lipinski definition) is 3. The van der Waals surface area contributed by atoms with Crippen LogP contribution in [0.5, 0.6) is 0 Å². The molecule has 10 heteroatoms. The van der Waals surface area contributed by atoms with Gasteiger partial charge in [0.2, 0.25) is 0 Å². The van der Waals surface area contributed by atoms with Crippen LogP contribution < -0.4 is 16.4 Å².